The van der Waals surface area contributed by atoms with Crippen LogP contribution < -0.4 is 5.73 Å². The number of carboxylic acid groups (broad SMARTS) is 1. The molecular formula is C26H35FN4O5. The van der Waals surface area contributed by atoms with Crippen LogP contribution in [-0.2, 0) is 4.79 Å². The lowest BCUT2D eigenvalue weighted by Gasteiger charge is -2.54. The van der Waals surface area contributed by atoms with Gasteiger partial charge in [0.05, 0.1) is 18.2 Å². The smallest absolute Gasteiger partial charge is 0.408 e. The summed E-state index contributed by atoms with van der Waals surface area (Å²) >= 11 is 0. The Bertz CT molecular complexity index is 1060. The Kier molecular flexibility index (Phi) is 6.45. The molecule has 1 aliphatic carbocycles. The van der Waals surface area contributed by atoms with Crippen LogP contribution in [0, 0.1) is 11.2 Å². The van der Waals surface area contributed by atoms with E-state index in [1.54, 1.807) is 6.92 Å². The van der Waals surface area contributed by atoms with Crippen LogP contribution in [-0.4, -0.2) is 86.7 Å². The van der Waals surface area contributed by atoms with Crippen molar-refractivity contribution in [2.24, 2.45) is 11.1 Å². The van der Waals surface area contributed by atoms with Crippen LogP contribution in [0.3, 0.4) is 0 Å². The van der Waals surface area contributed by atoms with Crippen molar-refractivity contribution in [1.29, 1.82) is 0 Å². The lowest BCUT2D eigenvalue weighted by molar-refractivity contribution is -0.156. The first-order chi connectivity index (χ1) is 17.1. The van der Waals surface area contributed by atoms with Crippen molar-refractivity contribution in [2.75, 3.05) is 19.6 Å². The summed E-state index contributed by atoms with van der Waals surface area (Å²) in [5.41, 5.74) is 5.57. The molecule has 4 N–H and O–H groups in total. The van der Waals surface area contributed by atoms with Gasteiger partial charge >= 0.3 is 6.09 Å². The summed E-state index contributed by atoms with van der Waals surface area (Å²) in [5.74, 6) is -1.73. The molecule has 0 aromatic heterocycles. The fourth-order valence-electron chi connectivity index (χ4n) is 6.73. The minimum absolute atomic E-state index is 0.00753. The molecule has 196 valence electrons. The van der Waals surface area contributed by atoms with E-state index in [4.69, 9.17) is 5.73 Å². The second kappa shape index (κ2) is 9.30. The molecule has 0 radical (unpaired) electrons. The van der Waals surface area contributed by atoms with Gasteiger partial charge in [0.25, 0.3) is 0 Å². The SMILES string of the molecule is C[C@H]1C(=O)N2[C@@H](CCN3CCC4(CC4)[C@H](O)C3)CCC[C@H]2C(c2ccc(C(N)=O)cc2F)N1C(=O)O. The third-order valence-corrected chi connectivity index (χ3v) is 9.04. The molecule has 3 aliphatic heterocycles. The molecule has 1 aromatic rings. The van der Waals surface area contributed by atoms with Gasteiger partial charge in [-0.1, -0.05) is 6.07 Å². The highest BCUT2D eigenvalue weighted by atomic mass is 19.1. The fourth-order valence-corrected chi connectivity index (χ4v) is 6.73. The second-order valence-electron chi connectivity index (χ2n) is 11.0. The Morgan fingerprint density at radius 1 is 1.22 bits per heavy atom. The minimum atomic E-state index is -1.28. The molecule has 1 saturated carbocycles. The summed E-state index contributed by atoms with van der Waals surface area (Å²) in [6.07, 6.45) is 4.50. The number of β-amino-alcohol motifs (C(OH)–C–C–N with tert-alkyl or cyclic N) is 1. The van der Waals surface area contributed by atoms with E-state index in [1.165, 1.54) is 12.1 Å². The van der Waals surface area contributed by atoms with E-state index in [-0.39, 0.29) is 34.6 Å². The quantitative estimate of drug-likeness (QED) is 0.567. The topological polar surface area (TPSA) is 127 Å². The van der Waals surface area contributed by atoms with E-state index >= 15 is 4.39 Å². The Morgan fingerprint density at radius 2 is 1.97 bits per heavy atom. The zero-order chi connectivity index (χ0) is 25.8. The van der Waals surface area contributed by atoms with Crippen molar-refractivity contribution in [1.82, 2.24) is 14.7 Å². The first-order valence-corrected chi connectivity index (χ1v) is 13.0. The maximum atomic E-state index is 15.2. The van der Waals surface area contributed by atoms with E-state index < -0.39 is 35.9 Å². The number of carbonyl (C=O) groups is 3. The molecule has 4 fully saturated rings. The number of aliphatic hydroxyl groups is 1. The first-order valence-electron chi connectivity index (χ1n) is 13.0. The molecule has 3 amide bonds. The third kappa shape index (κ3) is 4.24. The molecule has 5 rings (SSSR count). The summed E-state index contributed by atoms with van der Waals surface area (Å²) in [6, 6.07) is 1.43. The van der Waals surface area contributed by atoms with Crippen LogP contribution in [0.25, 0.3) is 0 Å². The lowest BCUT2D eigenvalue weighted by Crippen LogP contribution is -2.67. The first kappa shape index (κ1) is 25.0. The van der Waals surface area contributed by atoms with Crippen LogP contribution in [0.15, 0.2) is 18.2 Å². The van der Waals surface area contributed by atoms with Crippen molar-refractivity contribution in [3.63, 3.8) is 0 Å². The summed E-state index contributed by atoms with van der Waals surface area (Å²) in [7, 11) is 0. The number of amides is 3. The van der Waals surface area contributed by atoms with Gasteiger partial charge in [0.15, 0.2) is 0 Å². The maximum Gasteiger partial charge on any atom is 0.408 e. The molecule has 1 spiro atoms. The zero-order valence-electron chi connectivity index (χ0n) is 20.6. The van der Waals surface area contributed by atoms with Crippen LogP contribution in [0.1, 0.15) is 73.8 Å². The predicted molar refractivity (Wildman–Crippen MR) is 129 cm³/mol. The van der Waals surface area contributed by atoms with Crippen LogP contribution >= 0.6 is 0 Å². The maximum absolute atomic E-state index is 15.2. The summed E-state index contributed by atoms with van der Waals surface area (Å²) in [4.78, 5) is 42.4. The number of hydrogen-bond acceptors (Lipinski definition) is 5. The van der Waals surface area contributed by atoms with Crippen molar-refractivity contribution >= 4 is 17.9 Å². The fraction of sp³-hybridized carbons (Fsp3) is 0.654. The van der Waals surface area contributed by atoms with Gasteiger partial charge in [0.2, 0.25) is 11.8 Å². The largest absolute Gasteiger partial charge is 0.465 e. The van der Waals surface area contributed by atoms with E-state index in [9.17, 15) is 24.6 Å². The molecule has 0 bridgehead atoms. The molecule has 10 heteroatoms. The monoisotopic (exact) mass is 502 g/mol. The van der Waals surface area contributed by atoms with Gasteiger partial charge in [-0.2, -0.15) is 0 Å². The van der Waals surface area contributed by atoms with Gasteiger partial charge in [0.1, 0.15) is 11.9 Å². The highest BCUT2D eigenvalue weighted by Gasteiger charge is 2.53. The van der Waals surface area contributed by atoms with E-state index in [1.807, 2.05) is 4.90 Å². The molecule has 1 aromatic carbocycles. The second-order valence-corrected chi connectivity index (χ2v) is 11.0. The molecule has 3 saturated heterocycles. The summed E-state index contributed by atoms with van der Waals surface area (Å²) in [5, 5.41) is 20.6. The average Bonchev–Trinajstić information content (AvgIpc) is 3.62. The lowest BCUT2D eigenvalue weighted by atomic mass is 9.82. The standard InChI is InChI=1S/C26H35FN4O5/c1-15-24(34)31-17(7-11-29-12-10-26(8-9-26)21(32)14-29)3-2-4-20(31)22(30(15)25(35)36)18-6-5-16(23(28)33)13-19(18)27/h5-6,13,15,17,20-22,32H,2-4,7-12,14H2,1H3,(H2,28,33)(H,35,36)/t15-,17+,20-,21+,22?/m0/s1. The van der Waals surface area contributed by atoms with Crippen LogP contribution in [0.4, 0.5) is 9.18 Å². The molecule has 4 aliphatic rings. The number of fused-ring (bicyclic) bond motifs is 1. The summed E-state index contributed by atoms with van der Waals surface area (Å²) in [6.45, 7) is 3.88. The molecule has 1 unspecified atom stereocenters. The third-order valence-electron chi connectivity index (χ3n) is 9.04. The van der Waals surface area contributed by atoms with E-state index in [0.29, 0.717) is 13.0 Å². The van der Waals surface area contributed by atoms with E-state index in [2.05, 4.69) is 4.90 Å². The highest BCUT2D eigenvalue weighted by Crippen LogP contribution is 2.53. The van der Waals surface area contributed by atoms with Crippen LogP contribution in [0.2, 0.25) is 0 Å². The van der Waals surface area contributed by atoms with Crippen molar-refractivity contribution < 1.29 is 29.0 Å². The van der Waals surface area contributed by atoms with Crippen molar-refractivity contribution in [3.05, 3.63) is 35.1 Å². The Labute approximate surface area is 210 Å². The van der Waals surface area contributed by atoms with Gasteiger partial charge in [-0.05, 0) is 76.0 Å². The number of piperazine rings is 1. The zero-order valence-corrected chi connectivity index (χ0v) is 20.6. The number of nitrogens with zero attached hydrogens (tertiary/aromatic N) is 3. The number of halogens is 1. The molecule has 9 nitrogen and oxygen atoms in total. The number of nitrogens with two attached hydrogens (primary N) is 1. The molecule has 5 atom stereocenters. The van der Waals surface area contributed by atoms with Gasteiger partial charge in [-0.3, -0.25) is 14.5 Å². The Hall–Kier alpha value is -2.72. The Morgan fingerprint density at radius 3 is 2.58 bits per heavy atom. The highest BCUT2D eigenvalue weighted by molar-refractivity contribution is 5.93. The minimum Gasteiger partial charge on any atom is -0.465 e. The van der Waals surface area contributed by atoms with Crippen molar-refractivity contribution in [2.45, 2.75) is 82.1 Å². The number of carbonyl (C=O) groups excluding carboxylic acids is 2. The van der Waals surface area contributed by atoms with Crippen molar-refractivity contribution in [3.8, 4) is 0 Å². The predicted octanol–water partition coefficient (Wildman–Crippen LogP) is 2.33. The normalized spacial score (nSPS) is 31.9. The average molecular weight is 503 g/mol. The van der Waals surface area contributed by atoms with Gasteiger partial charge in [0, 0.05) is 30.3 Å². The summed E-state index contributed by atoms with van der Waals surface area (Å²) < 4.78 is 15.2. The van der Waals surface area contributed by atoms with E-state index in [0.717, 1.165) is 62.6 Å². The van der Waals surface area contributed by atoms with Gasteiger partial charge < -0.3 is 25.7 Å². The number of primary amides is 1. The number of hydrogen-bond donors (Lipinski definition) is 3. The number of benzene rings is 1. The van der Waals surface area contributed by atoms with Gasteiger partial charge in [-0.15, -0.1) is 0 Å². The number of aliphatic hydroxyl groups excluding tert-OH is 1. The molecular weight excluding hydrogens is 467 g/mol. The number of rotatable bonds is 5. The van der Waals surface area contributed by atoms with Gasteiger partial charge in [-0.25, -0.2) is 9.18 Å². The van der Waals surface area contributed by atoms with Crippen LogP contribution in [0.5, 0.6) is 0 Å². The molecule has 3 heterocycles. The number of piperidine rings is 2. The Balaban J connectivity index is 1.39. The molecule has 36 heavy (non-hydrogen) atoms. The number of likely N-dealkylation sites (tertiary alicyclic amines) is 1.